The summed E-state index contributed by atoms with van der Waals surface area (Å²) in [6, 6.07) is 16.7. The van der Waals surface area contributed by atoms with Crippen LogP contribution in [0.25, 0.3) is 22.3 Å². The van der Waals surface area contributed by atoms with Gasteiger partial charge < -0.3 is 9.15 Å². The van der Waals surface area contributed by atoms with Gasteiger partial charge in [-0.3, -0.25) is 9.79 Å². The Kier molecular flexibility index (Phi) is 9.36. The SMILES string of the molecule is CCCCCCN=CCCCCCOc1ccc2oc(-c3ccccc3)cc(=O)c2c1. The number of nitrogens with zero attached hydrogens (tertiary/aromatic N) is 1. The third-order valence-electron chi connectivity index (χ3n) is 5.27. The van der Waals surface area contributed by atoms with Crippen molar-refractivity contribution < 1.29 is 9.15 Å². The molecule has 0 unspecified atom stereocenters. The molecule has 4 heteroatoms. The second-order valence-electron chi connectivity index (χ2n) is 7.85. The summed E-state index contributed by atoms with van der Waals surface area (Å²) in [5.74, 6) is 1.29. The van der Waals surface area contributed by atoms with E-state index in [1.54, 1.807) is 12.1 Å². The minimum absolute atomic E-state index is 0.0560. The third-order valence-corrected chi connectivity index (χ3v) is 5.27. The maximum atomic E-state index is 12.6. The molecule has 0 saturated heterocycles. The molecule has 0 aliphatic rings. The van der Waals surface area contributed by atoms with E-state index in [-0.39, 0.29) is 5.43 Å². The Bertz CT molecular complexity index is 1010. The van der Waals surface area contributed by atoms with Crippen molar-refractivity contribution in [3.05, 3.63) is 64.8 Å². The molecule has 0 atom stereocenters. The number of rotatable bonds is 13. The number of unbranched alkanes of at least 4 members (excludes halogenated alkanes) is 6. The minimum atomic E-state index is -0.0560. The third kappa shape index (κ3) is 7.39. The zero-order valence-electron chi connectivity index (χ0n) is 18.5. The van der Waals surface area contributed by atoms with Crippen molar-refractivity contribution in [2.24, 2.45) is 4.99 Å². The maximum Gasteiger partial charge on any atom is 0.193 e. The largest absolute Gasteiger partial charge is 0.494 e. The number of hydrogen-bond donors (Lipinski definition) is 0. The molecule has 4 nitrogen and oxygen atoms in total. The van der Waals surface area contributed by atoms with Crippen LogP contribution in [-0.2, 0) is 0 Å². The summed E-state index contributed by atoms with van der Waals surface area (Å²) in [7, 11) is 0. The van der Waals surface area contributed by atoms with Crippen LogP contribution in [0.1, 0.15) is 58.3 Å². The Morgan fingerprint density at radius 2 is 1.77 bits per heavy atom. The lowest BCUT2D eigenvalue weighted by molar-refractivity contribution is 0.306. The van der Waals surface area contributed by atoms with Gasteiger partial charge in [-0.1, -0.05) is 56.5 Å². The molecule has 0 spiro atoms. The summed E-state index contributed by atoms with van der Waals surface area (Å²) in [6.45, 7) is 3.84. The average Bonchev–Trinajstić information content (AvgIpc) is 2.80. The lowest BCUT2D eigenvalue weighted by Gasteiger charge is -2.08. The molecule has 1 heterocycles. The second kappa shape index (κ2) is 12.7. The number of aliphatic imine (C=N–C) groups is 1. The first-order chi connectivity index (χ1) is 15.3. The topological polar surface area (TPSA) is 51.8 Å². The van der Waals surface area contributed by atoms with E-state index in [1.165, 1.54) is 25.7 Å². The van der Waals surface area contributed by atoms with Gasteiger partial charge in [0.25, 0.3) is 0 Å². The number of benzene rings is 2. The summed E-state index contributed by atoms with van der Waals surface area (Å²) >= 11 is 0. The molecule has 0 radical (unpaired) electrons. The first kappa shape index (κ1) is 22.8. The summed E-state index contributed by atoms with van der Waals surface area (Å²) in [6.07, 6.45) is 11.4. The van der Waals surface area contributed by atoms with Crippen molar-refractivity contribution in [1.29, 1.82) is 0 Å². The average molecular weight is 420 g/mol. The molecule has 0 bridgehead atoms. The van der Waals surface area contributed by atoms with Gasteiger partial charge in [-0.05, 0) is 56.5 Å². The predicted molar refractivity (Wildman–Crippen MR) is 129 cm³/mol. The van der Waals surface area contributed by atoms with Crippen LogP contribution in [0.3, 0.4) is 0 Å². The van der Waals surface area contributed by atoms with E-state index in [4.69, 9.17) is 9.15 Å². The van der Waals surface area contributed by atoms with Gasteiger partial charge >= 0.3 is 0 Å². The smallest absolute Gasteiger partial charge is 0.193 e. The fourth-order valence-corrected chi connectivity index (χ4v) is 3.49. The zero-order valence-corrected chi connectivity index (χ0v) is 18.5. The van der Waals surface area contributed by atoms with Crippen LogP contribution in [0.5, 0.6) is 5.75 Å². The molecule has 31 heavy (non-hydrogen) atoms. The summed E-state index contributed by atoms with van der Waals surface area (Å²) < 4.78 is 11.8. The Morgan fingerprint density at radius 3 is 2.61 bits per heavy atom. The molecule has 3 aromatic rings. The predicted octanol–water partition coefficient (Wildman–Crippen LogP) is 7.05. The van der Waals surface area contributed by atoms with Gasteiger partial charge in [0.05, 0.1) is 12.0 Å². The van der Waals surface area contributed by atoms with Crippen LogP contribution in [0.4, 0.5) is 0 Å². The lowest BCUT2D eigenvalue weighted by atomic mass is 10.1. The molecule has 0 amide bonds. The van der Waals surface area contributed by atoms with Crippen LogP contribution < -0.4 is 10.2 Å². The standard InChI is InChI=1S/C27H33NO3/c1-2-3-4-10-17-28-18-11-5-6-12-19-30-23-15-16-26-24(20-23)25(29)21-27(31-26)22-13-8-7-9-14-22/h7-9,13-16,18,20-21H,2-6,10-12,17,19H2,1H3. The summed E-state index contributed by atoms with van der Waals surface area (Å²) in [4.78, 5) is 17.0. The number of hydrogen-bond acceptors (Lipinski definition) is 4. The van der Waals surface area contributed by atoms with Crippen molar-refractivity contribution >= 4 is 17.2 Å². The highest BCUT2D eigenvalue weighted by atomic mass is 16.5. The highest BCUT2D eigenvalue weighted by molar-refractivity contribution is 5.80. The van der Waals surface area contributed by atoms with Crippen molar-refractivity contribution in [3.8, 4) is 17.1 Å². The summed E-state index contributed by atoms with van der Waals surface area (Å²) in [5.41, 5.74) is 1.41. The van der Waals surface area contributed by atoms with Gasteiger partial charge in [-0.25, -0.2) is 0 Å². The zero-order chi connectivity index (χ0) is 21.7. The fraction of sp³-hybridized carbons (Fsp3) is 0.407. The molecule has 0 aliphatic carbocycles. The molecule has 1 aromatic heterocycles. The minimum Gasteiger partial charge on any atom is -0.494 e. The Morgan fingerprint density at radius 1 is 0.935 bits per heavy atom. The molecule has 0 N–H and O–H groups in total. The van der Waals surface area contributed by atoms with Crippen molar-refractivity contribution in [2.45, 2.75) is 58.3 Å². The molecule has 2 aromatic carbocycles. The monoisotopic (exact) mass is 419 g/mol. The summed E-state index contributed by atoms with van der Waals surface area (Å²) in [5, 5.41) is 0.548. The van der Waals surface area contributed by atoms with Gasteiger partial charge in [0.15, 0.2) is 5.43 Å². The molecule has 3 rings (SSSR count). The van der Waals surface area contributed by atoms with Gasteiger partial charge in [0, 0.05) is 18.2 Å². The van der Waals surface area contributed by atoms with E-state index >= 15 is 0 Å². The van der Waals surface area contributed by atoms with Gasteiger partial charge in [-0.2, -0.15) is 0 Å². The number of ether oxygens (including phenoxy) is 1. The van der Waals surface area contributed by atoms with Crippen LogP contribution in [0, 0.1) is 0 Å². The highest BCUT2D eigenvalue weighted by Crippen LogP contribution is 2.24. The van der Waals surface area contributed by atoms with E-state index in [2.05, 4.69) is 18.1 Å². The van der Waals surface area contributed by atoms with Gasteiger partial charge in [0.1, 0.15) is 17.1 Å². The molecular weight excluding hydrogens is 386 g/mol. The molecule has 164 valence electrons. The second-order valence-corrected chi connectivity index (χ2v) is 7.85. The first-order valence-electron chi connectivity index (χ1n) is 11.5. The van der Waals surface area contributed by atoms with E-state index in [9.17, 15) is 4.79 Å². The van der Waals surface area contributed by atoms with Gasteiger partial charge in [0.2, 0.25) is 0 Å². The molecule has 0 aliphatic heterocycles. The van der Waals surface area contributed by atoms with Crippen LogP contribution in [-0.4, -0.2) is 19.4 Å². The van der Waals surface area contributed by atoms with Crippen molar-refractivity contribution in [1.82, 2.24) is 0 Å². The van der Waals surface area contributed by atoms with E-state index in [0.717, 1.165) is 37.8 Å². The lowest BCUT2D eigenvalue weighted by Crippen LogP contribution is -2.02. The quantitative estimate of drug-likeness (QED) is 0.220. The van der Waals surface area contributed by atoms with Crippen LogP contribution in [0.2, 0.25) is 0 Å². The Labute approximate surface area is 185 Å². The van der Waals surface area contributed by atoms with E-state index in [0.29, 0.717) is 29.1 Å². The number of fused-ring (bicyclic) bond motifs is 1. The first-order valence-corrected chi connectivity index (χ1v) is 11.5. The highest BCUT2D eigenvalue weighted by Gasteiger charge is 2.08. The fourth-order valence-electron chi connectivity index (χ4n) is 3.49. The van der Waals surface area contributed by atoms with Gasteiger partial charge in [-0.15, -0.1) is 0 Å². The van der Waals surface area contributed by atoms with Crippen molar-refractivity contribution in [2.75, 3.05) is 13.2 Å². The van der Waals surface area contributed by atoms with Crippen LogP contribution >= 0.6 is 0 Å². The van der Waals surface area contributed by atoms with Crippen molar-refractivity contribution in [3.63, 3.8) is 0 Å². The Hall–Kier alpha value is -2.88. The van der Waals surface area contributed by atoms with E-state index in [1.807, 2.05) is 42.5 Å². The maximum absolute atomic E-state index is 12.6. The van der Waals surface area contributed by atoms with Crippen LogP contribution in [0.15, 0.2) is 68.8 Å². The Balaban J connectivity index is 1.42. The molecule has 0 fully saturated rings. The molecular formula is C27H33NO3. The normalized spacial score (nSPS) is 11.4. The van der Waals surface area contributed by atoms with E-state index < -0.39 is 0 Å². The molecule has 0 saturated carbocycles.